The van der Waals surface area contributed by atoms with Gasteiger partial charge in [0.1, 0.15) is 11.6 Å². The number of nitrogens with one attached hydrogen (secondary N) is 1. The fourth-order valence-electron chi connectivity index (χ4n) is 1.32. The van der Waals surface area contributed by atoms with Crippen LogP contribution in [0.2, 0.25) is 0 Å². The van der Waals surface area contributed by atoms with Gasteiger partial charge in [0.25, 0.3) is 0 Å². The van der Waals surface area contributed by atoms with Gasteiger partial charge in [0.2, 0.25) is 0 Å². The van der Waals surface area contributed by atoms with E-state index in [1.165, 1.54) is 12.3 Å². The average molecular weight is 318 g/mol. The van der Waals surface area contributed by atoms with E-state index in [0.717, 1.165) is 6.07 Å². The van der Waals surface area contributed by atoms with Crippen LogP contribution >= 0.6 is 15.9 Å². The molecule has 0 unspecified atom stereocenters. The highest BCUT2D eigenvalue weighted by molar-refractivity contribution is 9.10. The van der Waals surface area contributed by atoms with E-state index >= 15 is 0 Å². The van der Waals surface area contributed by atoms with E-state index in [9.17, 15) is 13.2 Å². The van der Waals surface area contributed by atoms with Gasteiger partial charge in [-0.15, -0.1) is 0 Å². The Kier molecular flexibility index (Phi) is 3.42. The number of aromatic nitrogens is 1. The van der Waals surface area contributed by atoms with E-state index in [1.807, 2.05) is 0 Å². The molecule has 3 nitrogen and oxygen atoms in total. The average Bonchev–Trinajstić information content (AvgIpc) is 2.29. The van der Waals surface area contributed by atoms with Crippen LogP contribution in [0.5, 0.6) is 0 Å². The molecule has 1 heterocycles. The van der Waals surface area contributed by atoms with Crippen LogP contribution < -0.4 is 11.1 Å². The summed E-state index contributed by atoms with van der Waals surface area (Å²) in [5.41, 5.74) is 5.54. The molecule has 7 heteroatoms. The quantitative estimate of drug-likeness (QED) is 0.832. The third kappa shape index (κ3) is 2.56. The number of anilines is 3. The number of nitrogens with zero attached hydrogens (tertiary/aromatic N) is 1. The second kappa shape index (κ2) is 4.85. The number of hydrogen-bond donors (Lipinski definition) is 2. The molecule has 1 aromatic carbocycles. The molecule has 0 spiro atoms. The summed E-state index contributed by atoms with van der Waals surface area (Å²) >= 11 is 3.15. The highest BCUT2D eigenvalue weighted by Gasteiger charge is 2.12. The van der Waals surface area contributed by atoms with Crippen molar-refractivity contribution >= 4 is 33.1 Å². The molecule has 0 amide bonds. The van der Waals surface area contributed by atoms with Crippen molar-refractivity contribution in [1.82, 2.24) is 4.98 Å². The molecule has 3 N–H and O–H groups in total. The highest BCUT2D eigenvalue weighted by atomic mass is 79.9. The van der Waals surface area contributed by atoms with Gasteiger partial charge in [0.15, 0.2) is 11.6 Å². The summed E-state index contributed by atoms with van der Waals surface area (Å²) in [4.78, 5) is 3.88. The summed E-state index contributed by atoms with van der Waals surface area (Å²) < 4.78 is 39.8. The molecule has 0 saturated heterocycles. The SMILES string of the molecule is Nc1cnc(Nc2cc(F)cc(F)c2F)c(Br)c1. The first-order valence-corrected chi connectivity index (χ1v) is 5.59. The molecule has 0 atom stereocenters. The molecular weight excluding hydrogens is 311 g/mol. The van der Waals surface area contributed by atoms with Crippen LogP contribution in [0, 0.1) is 17.5 Å². The van der Waals surface area contributed by atoms with Crippen molar-refractivity contribution in [2.24, 2.45) is 0 Å². The van der Waals surface area contributed by atoms with Crippen LogP contribution in [0.3, 0.4) is 0 Å². The molecule has 0 aliphatic heterocycles. The topological polar surface area (TPSA) is 50.9 Å². The lowest BCUT2D eigenvalue weighted by atomic mass is 10.2. The maximum absolute atomic E-state index is 13.4. The van der Waals surface area contributed by atoms with Gasteiger partial charge < -0.3 is 11.1 Å². The Labute approximate surface area is 109 Å². The predicted molar refractivity (Wildman–Crippen MR) is 65.9 cm³/mol. The van der Waals surface area contributed by atoms with Crippen molar-refractivity contribution in [2.75, 3.05) is 11.1 Å². The van der Waals surface area contributed by atoms with Crippen LogP contribution in [0.15, 0.2) is 28.9 Å². The Balaban J connectivity index is 2.40. The van der Waals surface area contributed by atoms with Gasteiger partial charge in [-0.3, -0.25) is 0 Å². The molecule has 0 saturated carbocycles. The first-order chi connectivity index (χ1) is 8.47. The van der Waals surface area contributed by atoms with Gasteiger partial charge in [-0.05, 0) is 22.0 Å². The number of halogens is 4. The van der Waals surface area contributed by atoms with Crippen molar-refractivity contribution < 1.29 is 13.2 Å². The minimum Gasteiger partial charge on any atom is -0.397 e. The Bertz CT molecular complexity index is 604. The lowest BCUT2D eigenvalue weighted by Gasteiger charge is -2.09. The highest BCUT2D eigenvalue weighted by Crippen LogP contribution is 2.27. The number of nitrogen functional groups attached to an aromatic ring is 1. The van der Waals surface area contributed by atoms with Crippen molar-refractivity contribution in [3.05, 3.63) is 46.3 Å². The number of benzene rings is 1. The van der Waals surface area contributed by atoms with E-state index in [2.05, 4.69) is 26.2 Å². The minimum atomic E-state index is -1.27. The van der Waals surface area contributed by atoms with Crippen LogP contribution in [0.25, 0.3) is 0 Å². The van der Waals surface area contributed by atoms with Gasteiger partial charge in [0.05, 0.1) is 22.0 Å². The zero-order valence-electron chi connectivity index (χ0n) is 8.85. The summed E-state index contributed by atoms with van der Waals surface area (Å²) in [5, 5.41) is 2.48. The number of hydrogen-bond acceptors (Lipinski definition) is 3. The molecule has 1 aromatic heterocycles. The molecule has 2 rings (SSSR count). The Morgan fingerprint density at radius 3 is 2.56 bits per heavy atom. The molecule has 0 fully saturated rings. The third-order valence-electron chi connectivity index (χ3n) is 2.11. The third-order valence-corrected chi connectivity index (χ3v) is 2.71. The van der Waals surface area contributed by atoms with E-state index in [0.29, 0.717) is 16.2 Å². The molecule has 0 bridgehead atoms. The van der Waals surface area contributed by atoms with Gasteiger partial charge in [-0.25, -0.2) is 18.2 Å². The summed E-state index contributed by atoms with van der Waals surface area (Å²) in [7, 11) is 0. The summed E-state index contributed by atoms with van der Waals surface area (Å²) in [6, 6.07) is 2.83. The monoisotopic (exact) mass is 317 g/mol. The Morgan fingerprint density at radius 1 is 1.17 bits per heavy atom. The first kappa shape index (κ1) is 12.7. The smallest absolute Gasteiger partial charge is 0.182 e. The van der Waals surface area contributed by atoms with Crippen molar-refractivity contribution in [1.29, 1.82) is 0 Å². The Hall–Kier alpha value is -1.76. The standard InChI is InChI=1S/C11H7BrF3N3/c12-7-3-6(16)4-17-11(7)18-9-2-5(13)1-8(14)10(9)15/h1-4H,16H2,(H,17,18). The van der Waals surface area contributed by atoms with Gasteiger partial charge >= 0.3 is 0 Å². The fourth-order valence-corrected chi connectivity index (χ4v) is 1.79. The largest absolute Gasteiger partial charge is 0.397 e. The van der Waals surface area contributed by atoms with E-state index in [4.69, 9.17) is 5.73 Å². The molecule has 0 aliphatic rings. The van der Waals surface area contributed by atoms with Gasteiger partial charge in [-0.1, -0.05) is 0 Å². The van der Waals surface area contributed by atoms with E-state index in [-0.39, 0.29) is 11.5 Å². The predicted octanol–water partition coefficient (Wildman–Crippen LogP) is 3.59. The first-order valence-electron chi connectivity index (χ1n) is 4.80. The van der Waals surface area contributed by atoms with Crippen molar-refractivity contribution in [3.8, 4) is 0 Å². The lowest BCUT2D eigenvalue weighted by molar-refractivity contribution is 0.498. The number of rotatable bonds is 2. The van der Waals surface area contributed by atoms with Gasteiger partial charge in [0, 0.05) is 12.1 Å². The normalized spacial score (nSPS) is 10.4. The zero-order valence-corrected chi connectivity index (χ0v) is 10.4. The lowest BCUT2D eigenvalue weighted by Crippen LogP contribution is -2.01. The fraction of sp³-hybridized carbons (Fsp3) is 0. The van der Waals surface area contributed by atoms with Crippen LogP contribution in [0.1, 0.15) is 0 Å². The summed E-state index contributed by atoms with van der Waals surface area (Å²) in [6.07, 6.45) is 1.33. The molecular formula is C11H7BrF3N3. The maximum Gasteiger partial charge on any atom is 0.182 e. The zero-order chi connectivity index (χ0) is 13.3. The minimum absolute atomic E-state index is 0.202. The Morgan fingerprint density at radius 2 is 1.89 bits per heavy atom. The van der Waals surface area contributed by atoms with Gasteiger partial charge in [-0.2, -0.15) is 0 Å². The maximum atomic E-state index is 13.4. The second-order valence-electron chi connectivity index (χ2n) is 3.47. The molecule has 94 valence electrons. The summed E-state index contributed by atoms with van der Waals surface area (Å²) in [5.74, 6) is -3.14. The van der Waals surface area contributed by atoms with E-state index < -0.39 is 17.5 Å². The van der Waals surface area contributed by atoms with Crippen LogP contribution in [-0.4, -0.2) is 4.98 Å². The summed E-state index contributed by atoms with van der Waals surface area (Å²) in [6.45, 7) is 0. The number of pyridine rings is 1. The van der Waals surface area contributed by atoms with Crippen LogP contribution in [0.4, 0.5) is 30.4 Å². The molecule has 0 radical (unpaired) electrons. The van der Waals surface area contributed by atoms with Crippen molar-refractivity contribution in [3.63, 3.8) is 0 Å². The molecule has 2 aromatic rings. The van der Waals surface area contributed by atoms with Crippen LogP contribution in [-0.2, 0) is 0 Å². The second-order valence-corrected chi connectivity index (χ2v) is 4.33. The van der Waals surface area contributed by atoms with E-state index in [1.54, 1.807) is 0 Å². The molecule has 18 heavy (non-hydrogen) atoms. The molecule has 0 aliphatic carbocycles. The van der Waals surface area contributed by atoms with Crippen molar-refractivity contribution in [2.45, 2.75) is 0 Å². The number of nitrogens with two attached hydrogens (primary N) is 1.